The number of benzene rings is 2. The van der Waals surface area contributed by atoms with Crippen LogP contribution >= 0.6 is 0 Å². The fourth-order valence-corrected chi connectivity index (χ4v) is 1.66. The van der Waals surface area contributed by atoms with Crippen LogP contribution in [0.15, 0.2) is 42.5 Å². The van der Waals surface area contributed by atoms with Crippen LogP contribution in [0.3, 0.4) is 0 Å². The number of hydrogen-bond acceptors (Lipinski definition) is 2. The number of aliphatic hydroxyl groups is 1. The van der Waals surface area contributed by atoms with E-state index in [0.717, 1.165) is 17.2 Å². The summed E-state index contributed by atoms with van der Waals surface area (Å²) in [5.74, 6) is 3.70. The van der Waals surface area contributed by atoms with Gasteiger partial charge in [0, 0.05) is 12.0 Å². The molecule has 0 aliphatic carbocycles. The number of halogens is 2. The lowest BCUT2D eigenvalue weighted by Gasteiger charge is -2.07. The molecule has 0 aliphatic heterocycles. The summed E-state index contributed by atoms with van der Waals surface area (Å²) in [6, 6.07) is 11.1. The van der Waals surface area contributed by atoms with Crippen molar-refractivity contribution in [3.8, 4) is 17.6 Å². The Hall–Kier alpha value is -2.38. The van der Waals surface area contributed by atoms with Gasteiger partial charge < -0.3 is 9.84 Å². The van der Waals surface area contributed by atoms with Crippen molar-refractivity contribution in [2.24, 2.45) is 0 Å². The molecule has 0 saturated heterocycles. The van der Waals surface area contributed by atoms with Gasteiger partial charge in [0.15, 0.2) is 11.6 Å². The molecule has 0 aromatic heterocycles. The molecule has 2 aromatic rings. The van der Waals surface area contributed by atoms with Gasteiger partial charge in [0.2, 0.25) is 5.82 Å². The Balaban J connectivity index is 1.98. The minimum absolute atomic E-state index is 0.0398. The molecule has 0 spiro atoms. The highest BCUT2D eigenvalue weighted by atomic mass is 19.2. The van der Waals surface area contributed by atoms with Gasteiger partial charge in [-0.15, -0.1) is 0 Å². The molecule has 0 atom stereocenters. The molecular formula is C17H14F2O2. The number of ether oxygens (including phenoxy) is 1. The zero-order valence-electron chi connectivity index (χ0n) is 11.3. The number of hydrogen-bond donors (Lipinski definition) is 1. The molecule has 2 aromatic carbocycles. The van der Waals surface area contributed by atoms with E-state index in [9.17, 15) is 8.78 Å². The molecule has 0 amide bonds. The normalized spacial score (nSPS) is 9.86. The van der Waals surface area contributed by atoms with Crippen LogP contribution in [0.25, 0.3) is 0 Å². The summed E-state index contributed by atoms with van der Waals surface area (Å²) in [6.45, 7) is 0.183. The van der Waals surface area contributed by atoms with Gasteiger partial charge in [-0.3, -0.25) is 0 Å². The minimum atomic E-state index is -0.982. The molecule has 0 bridgehead atoms. The average Bonchev–Trinajstić information content (AvgIpc) is 2.50. The third-order valence-electron chi connectivity index (χ3n) is 2.73. The number of rotatable bonds is 4. The highest BCUT2D eigenvalue weighted by molar-refractivity contribution is 5.36. The van der Waals surface area contributed by atoms with Gasteiger partial charge in [-0.2, -0.15) is 4.39 Å². The van der Waals surface area contributed by atoms with E-state index in [2.05, 4.69) is 11.8 Å². The third kappa shape index (κ3) is 4.30. The van der Waals surface area contributed by atoms with Gasteiger partial charge in [0.25, 0.3) is 0 Å². The molecule has 0 radical (unpaired) electrons. The van der Waals surface area contributed by atoms with Gasteiger partial charge in [-0.1, -0.05) is 30.0 Å². The molecule has 2 nitrogen and oxygen atoms in total. The monoisotopic (exact) mass is 288 g/mol. The molecule has 0 unspecified atom stereocenters. The van der Waals surface area contributed by atoms with Crippen molar-refractivity contribution in [1.29, 1.82) is 0 Å². The SMILES string of the molecule is OCCC#Cc1ccc(COc2cccc(F)c2F)cc1. The lowest BCUT2D eigenvalue weighted by Crippen LogP contribution is -1.98. The minimum Gasteiger partial charge on any atom is -0.486 e. The zero-order valence-corrected chi connectivity index (χ0v) is 11.3. The van der Waals surface area contributed by atoms with Crippen molar-refractivity contribution >= 4 is 0 Å². The molecule has 0 aliphatic rings. The Bertz CT molecular complexity index is 655. The van der Waals surface area contributed by atoms with Crippen molar-refractivity contribution in [3.63, 3.8) is 0 Å². The Labute approximate surface area is 122 Å². The van der Waals surface area contributed by atoms with E-state index in [1.807, 2.05) is 12.1 Å². The second-order valence-corrected chi connectivity index (χ2v) is 4.31. The first-order valence-corrected chi connectivity index (χ1v) is 6.46. The van der Waals surface area contributed by atoms with Crippen LogP contribution < -0.4 is 4.74 Å². The van der Waals surface area contributed by atoms with Gasteiger partial charge in [-0.05, 0) is 29.8 Å². The second-order valence-electron chi connectivity index (χ2n) is 4.31. The van der Waals surface area contributed by atoms with Crippen molar-refractivity contribution in [2.45, 2.75) is 13.0 Å². The summed E-state index contributed by atoms with van der Waals surface area (Å²) in [5.41, 5.74) is 1.65. The molecule has 1 N–H and O–H groups in total. The fourth-order valence-electron chi connectivity index (χ4n) is 1.66. The van der Waals surface area contributed by atoms with Gasteiger partial charge in [-0.25, -0.2) is 4.39 Å². The topological polar surface area (TPSA) is 29.5 Å². The Kier molecular flexibility index (Phi) is 5.30. The smallest absolute Gasteiger partial charge is 0.200 e. The first-order chi connectivity index (χ1) is 10.2. The van der Waals surface area contributed by atoms with E-state index >= 15 is 0 Å². The van der Waals surface area contributed by atoms with Gasteiger partial charge in [0.1, 0.15) is 6.61 Å². The number of aliphatic hydroxyl groups excluding tert-OH is 1. The van der Waals surface area contributed by atoms with Crippen LogP contribution in [0.4, 0.5) is 8.78 Å². The molecular weight excluding hydrogens is 274 g/mol. The van der Waals surface area contributed by atoms with E-state index in [-0.39, 0.29) is 19.0 Å². The second kappa shape index (κ2) is 7.41. The molecule has 108 valence electrons. The standard InChI is InChI=1S/C17H14F2O2/c18-15-5-3-6-16(17(15)19)21-12-14-9-7-13(8-10-14)4-1-2-11-20/h3,5-10,20H,2,11-12H2. The van der Waals surface area contributed by atoms with Crippen LogP contribution in [0, 0.1) is 23.5 Å². The highest BCUT2D eigenvalue weighted by Crippen LogP contribution is 2.20. The quantitative estimate of drug-likeness (QED) is 0.875. The van der Waals surface area contributed by atoms with E-state index in [4.69, 9.17) is 9.84 Å². The summed E-state index contributed by atoms with van der Waals surface area (Å²) >= 11 is 0. The molecule has 4 heteroatoms. The Morgan fingerprint density at radius 2 is 1.81 bits per heavy atom. The average molecular weight is 288 g/mol. The van der Waals surface area contributed by atoms with Crippen molar-refractivity contribution < 1.29 is 18.6 Å². The van der Waals surface area contributed by atoms with E-state index in [0.29, 0.717) is 6.42 Å². The van der Waals surface area contributed by atoms with Gasteiger partial charge >= 0.3 is 0 Å². The van der Waals surface area contributed by atoms with Crippen LogP contribution in [-0.4, -0.2) is 11.7 Å². The molecule has 21 heavy (non-hydrogen) atoms. The van der Waals surface area contributed by atoms with Crippen molar-refractivity contribution in [1.82, 2.24) is 0 Å². The molecule has 0 saturated carbocycles. The Morgan fingerprint density at radius 3 is 2.52 bits per heavy atom. The summed E-state index contributed by atoms with van der Waals surface area (Å²) in [7, 11) is 0. The van der Waals surface area contributed by atoms with E-state index in [1.165, 1.54) is 12.1 Å². The highest BCUT2D eigenvalue weighted by Gasteiger charge is 2.08. The summed E-state index contributed by atoms with van der Waals surface area (Å²) in [5, 5.41) is 8.63. The van der Waals surface area contributed by atoms with E-state index in [1.54, 1.807) is 12.1 Å². The predicted molar refractivity (Wildman–Crippen MR) is 75.7 cm³/mol. The predicted octanol–water partition coefficient (Wildman–Crippen LogP) is 3.28. The summed E-state index contributed by atoms with van der Waals surface area (Å²) in [6.07, 6.45) is 0.434. The van der Waals surface area contributed by atoms with Crippen LogP contribution in [0.5, 0.6) is 5.75 Å². The maximum Gasteiger partial charge on any atom is 0.200 e. The molecule has 0 heterocycles. The van der Waals surface area contributed by atoms with Crippen molar-refractivity contribution in [3.05, 3.63) is 65.2 Å². The maximum absolute atomic E-state index is 13.4. The Morgan fingerprint density at radius 1 is 1.05 bits per heavy atom. The summed E-state index contributed by atoms with van der Waals surface area (Å²) < 4.78 is 31.7. The maximum atomic E-state index is 13.4. The lowest BCUT2D eigenvalue weighted by atomic mass is 10.1. The first-order valence-electron chi connectivity index (χ1n) is 6.46. The van der Waals surface area contributed by atoms with Crippen LogP contribution in [0.2, 0.25) is 0 Å². The third-order valence-corrected chi connectivity index (χ3v) is 2.73. The van der Waals surface area contributed by atoms with Crippen molar-refractivity contribution in [2.75, 3.05) is 6.61 Å². The zero-order chi connectivity index (χ0) is 15.1. The van der Waals surface area contributed by atoms with Crippen LogP contribution in [0.1, 0.15) is 17.5 Å². The largest absolute Gasteiger partial charge is 0.486 e. The molecule has 0 fully saturated rings. The molecule has 2 rings (SSSR count). The lowest BCUT2D eigenvalue weighted by molar-refractivity contribution is 0.284. The summed E-state index contributed by atoms with van der Waals surface area (Å²) in [4.78, 5) is 0. The van der Waals surface area contributed by atoms with E-state index < -0.39 is 11.6 Å². The first kappa shape index (κ1) is 15.0. The van der Waals surface area contributed by atoms with Crippen LogP contribution in [-0.2, 0) is 6.61 Å². The fraction of sp³-hybridized carbons (Fsp3) is 0.176. The van der Waals surface area contributed by atoms with Gasteiger partial charge in [0.05, 0.1) is 6.61 Å².